The van der Waals surface area contributed by atoms with Gasteiger partial charge in [0.25, 0.3) is 0 Å². The first-order valence-electron chi connectivity index (χ1n) is 9.26. The van der Waals surface area contributed by atoms with Crippen molar-refractivity contribution >= 4 is 35.0 Å². The number of benzene rings is 2. The van der Waals surface area contributed by atoms with Gasteiger partial charge in [-0.3, -0.25) is 9.59 Å². The molecule has 0 spiro atoms. The zero-order chi connectivity index (χ0) is 20.8. The Balaban J connectivity index is 2.24. The van der Waals surface area contributed by atoms with E-state index in [1.165, 1.54) is 0 Å². The smallest absolute Gasteiger partial charge is 0.242 e. The molecular weight excluding hydrogens is 395 g/mol. The summed E-state index contributed by atoms with van der Waals surface area (Å²) < 4.78 is 0. The third-order valence-electron chi connectivity index (χ3n) is 4.41. The lowest BCUT2D eigenvalue weighted by Gasteiger charge is -2.29. The van der Waals surface area contributed by atoms with Gasteiger partial charge >= 0.3 is 0 Å². The predicted octanol–water partition coefficient (Wildman–Crippen LogP) is 4.79. The predicted molar refractivity (Wildman–Crippen MR) is 115 cm³/mol. The molecule has 0 heterocycles. The molecule has 2 aromatic rings. The lowest BCUT2D eigenvalue weighted by Crippen LogP contribution is -2.49. The van der Waals surface area contributed by atoms with Gasteiger partial charge in [-0.25, -0.2) is 0 Å². The summed E-state index contributed by atoms with van der Waals surface area (Å²) in [5.41, 5.74) is 2.87. The van der Waals surface area contributed by atoms with Gasteiger partial charge in [-0.1, -0.05) is 59.1 Å². The van der Waals surface area contributed by atoms with Gasteiger partial charge < -0.3 is 10.2 Å². The van der Waals surface area contributed by atoms with Crippen LogP contribution in [0.5, 0.6) is 0 Å². The highest BCUT2D eigenvalue weighted by Crippen LogP contribution is 2.23. The van der Waals surface area contributed by atoms with E-state index in [1.807, 2.05) is 45.0 Å². The van der Waals surface area contributed by atoms with Gasteiger partial charge in [-0.05, 0) is 51.0 Å². The minimum Gasteiger partial charge on any atom is -0.352 e. The van der Waals surface area contributed by atoms with Gasteiger partial charge in [0.15, 0.2) is 0 Å². The SMILES string of the molecule is Cc1ccc(CN(C(=O)Cc2ccc(Cl)c(Cl)c2)C(C)C(=O)NC(C)C)cc1. The van der Waals surface area contributed by atoms with Crippen LogP contribution in [0, 0.1) is 6.92 Å². The molecule has 28 heavy (non-hydrogen) atoms. The number of hydrogen-bond acceptors (Lipinski definition) is 2. The summed E-state index contributed by atoms with van der Waals surface area (Å²) in [5.74, 6) is -0.324. The van der Waals surface area contributed by atoms with Crippen molar-refractivity contribution in [1.29, 1.82) is 0 Å². The molecule has 1 unspecified atom stereocenters. The Morgan fingerprint density at radius 2 is 1.57 bits per heavy atom. The van der Waals surface area contributed by atoms with E-state index >= 15 is 0 Å². The molecular formula is C22H26Cl2N2O2. The van der Waals surface area contributed by atoms with Crippen molar-refractivity contribution in [2.24, 2.45) is 0 Å². The summed E-state index contributed by atoms with van der Waals surface area (Å²) in [6.07, 6.45) is 0.141. The van der Waals surface area contributed by atoms with Crippen molar-refractivity contribution in [1.82, 2.24) is 10.2 Å². The molecule has 0 fully saturated rings. The van der Waals surface area contributed by atoms with Crippen molar-refractivity contribution in [2.75, 3.05) is 0 Å². The first-order chi connectivity index (χ1) is 13.2. The van der Waals surface area contributed by atoms with Crippen molar-refractivity contribution in [3.05, 3.63) is 69.2 Å². The Labute approximate surface area is 176 Å². The Hall–Kier alpha value is -2.04. The van der Waals surface area contributed by atoms with Gasteiger partial charge in [0.2, 0.25) is 11.8 Å². The second-order valence-corrected chi connectivity index (χ2v) is 8.09. The van der Waals surface area contributed by atoms with Crippen LogP contribution >= 0.6 is 23.2 Å². The molecule has 0 aliphatic heterocycles. The second kappa shape index (κ2) is 9.94. The molecule has 4 nitrogen and oxygen atoms in total. The number of nitrogens with one attached hydrogen (secondary N) is 1. The van der Waals surface area contributed by atoms with E-state index in [-0.39, 0.29) is 24.3 Å². The van der Waals surface area contributed by atoms with Crippen molar-refractivity contribution in [3.8, 4) is 0 Å². The number of carbonyl (C=O) groups is 2. The number of carbonyl (C=O) groups excluding carboxylic acids is 2. The topological polar surface area (TPSA) is 49.4 Å². The third kappa shape index (κ3) is 6.25. The molecule has 0 saturated carbocycles. The standard InChI is InChI=1S/C22H26Cl2N2O2/c1-14(2)25-22(28)16(4)26(13-17-7-5-15(3)6-8-17)21(27)12-18-9-10-19(23)20(24)11-18/h5-11,14,16H,12-13H2,1-4H3,(H,25,28). The Morgan fingerprint density at radius 3 is 2.14 bits per heavy atom. The summed E-state index contributed by atoms with van der Waals surface area (Å²) >= 11 is 12.0. The van der Waals surface area contributed by atoms with Gasteiger partial charge in [-0.2, -0.15) is 0 Å². The van der Waals surface area contributed by atoms with Crippen molar-refractivity contribution < 1.29 is 9.59 Å². The Bertz CT molecular complexity index is 835. The number of amides is 2. The average molecular weight is 421 g/mol. The molecule has 0 bridgehead atoms. The largest absolute Gasteiger partial charge is 0.352 e. The van der Waals surface area contributed by atoms with E-state index in [9.17, 15) is 9.59 Å². The van der Waals surface area contributed by atoms with Crippen LogP contribution in [0.25, 0.3) is 0 Å². The highest BCUT2D eigenvalue weighted by molar-refractivity contribution is 6.42. The number of halogens is 2. The molecule has 2 rings (SSSR count). The van der Waals surface area contributed by atoms with Crippen LogP contribution in [0.3, 0.4) is 0 Å². The monoisotopic (exact) mass is 420 g/mol. The van der Waals surface area contributed by atoms with E-state index in [4.69, 9.17) is 23.2 Å². The highest BCUT2D eigenvalue weighted by atomic mass is 35.5. The number of rotatable bonds is 7. The van der Waals surface area contributed by atoms with Crippen molar-refractivity contribution in [3.63, 3.8) is 0 Å². The van der Waals surface area contributed by atoms with Crippen molar-refractivity contribution in [2.45, 2.75) is 52.7 Å². The summed E-state index contributed by atoms with van der Waals surface area (Å²) in [4.78, 5) is 27.2. The van der Waals surface area contributed by atoms with E-state index in [1.54, 1.807) is 30.0 Å². The van der Waals surface area contributed by atoms with E-state index in [0.29, 0.717) is 16.6 Å². The van der Waals surface area contributed by atoms with Crippen LogP contribution in [-0.2, 0) is 22.6 Å². The van der Waals surface area contributed by atoms with Crippen LogP contribution in [0.1, 0.15) is 37.5 Å². The molecule has 0 saturated heterocycles. The van der Waals surface area contributed by atoms with Crippen LogP contribution in [0.15, 0.2) is 42.5 Å². The van der Waals surface area contributed by atoms with Crippen LogP contribution < -0.4 is 5.32 Å². The molecule has 0 aromatic heterocycles. The van der Waals surface area contributed by atoms with E-state index in [0.717, 1.165) is 16.7 Å². The molecule has 1 atom stereocenters. The summed E-state index contributed by atoms with van der Waals surface area (Å²) in [6.45, 7) is 7.90. The van der Waals surface area contributed by atoms with Gasteiger partial charge in [0.05, 0.1) is 16.5 Å². The minimum atomic E-state index is -0.598. The first-order valence-corrected chi connectivity index (χ1v) is 10.0. The lowest BCUT2D eigenvalue weighted by molar-refractivity contribution is -0.140. The number of hydrogen-bond donors (Lipinski definition) is 1. The Morgan fingerprint density at radius 1 is 0.964 bits per heavy atom. The fourth-order valence-electron chi connectivity index (χ4n) is 2.80. The fourth-order valence-corrected chi connectivity index (χ4v) is 3.12. The summed E-state index contributed by atoms with van der Waals surface area (Å²) in [5, 5.41) is 3.73. The molecule has 0 aliphatic rings. The lowest BCUT2D eigenvalue weighted by atomic mass is 10.1. The van der Waals surface area contributed by atoms with Gasteiger partial charge in [0.1, 0.15) is 6.04 Å². The minimum absolute atomic E-state index is 0.00125. The summed E-state index contributed by atoms with van der Waals surface area (Å²) in [6, 6.07) is 12.5. The molecule has 2 aromatic carbocycles. The maximum absolute atomic E-state index is 13.1. The average Bonchev–Trinajstić information content (AvgIpc) is 2.63. The quantitative estimate of drug-likeness (QED) is 0.699. The highest BCUT2D eigenvalue weighted by Gasteiger charge is 2.26. The maximum Gasteiger partial charge on any atom is 0.242 e. The van der Waals surface area contributed by atoms with Crippen LogP contribution in [-0.4, -0.2) is 28.8 Å². The van der Waals surface area contributed by atoms with Gasteiger partial charge in [-0.15, -0.1) is 0 Å². The number of nitrogens with zero attached hydrogens (tertiary/aromatic N) is 1. The van der Waals surface area contributed by atoms with Gasteiger partial charge in [0, 0.05) is 12.6 Å². The van der Waals surface area contributed by atoms with Crippen LogP contribution in [0.4, 0.5) is 0 Å². The first kappa shape index (κ1) is 22.3. The van der Waals surface area contributed by atoms with E-state index < -0.39 is 6.04 Å². The molecule has 6 heteroatoms. The third-order valence-corrected chi connectivity index (χ3v) is 5.15. The zero-order valence-electron chi connectivity index (χ0n) is 16.6. The zero-order valence-corrected chi connectivity index (χ0v) is 18.1. The fraction of sp³-hybridized carbons (Fsp3) is 0.364. The molecule has 0 radical (unpaired) electrons. The molecule has 1 N–H and O–H groups in total. The molecule has 2 amide bonds. The maximum atomic E-state index is 13.1. The molecule has 150 valence electrons. The molecule has 0 aliphatic carbocycles. The normalized spacial score (nSPS) is 12.0. The Kier molecular flexibility index (Phi) is 7.90. The second-order valence-electron chi connectivity index (χ2n) is 7.27. The van der Waals surface area contributed by atoms with E-state index in [2.05, 4.69) is 5.32 Å². The summed E-state index contributed by atoms with van der Waals surface area (Å²) in [7, 11) is 0. The number of aryl methyl sites for hydroxylation is 1. The van der Waals surface area contributed by atoms with Crippen LogP contribution in [0.2, 0.25) is 10.0 Å².